The van der Waals surface area contributed by atoms with Gasteiger partial charge in [-0.15, -0.1) is 5.10 Å². The Hall–Kier alpha value is -4.35. The van der Waals surface area contributed by atoms with Crippen LogP contribution >= 0.6 is 15.9 Å². The van der Waals surface area contributed by atoms with Crippen LogP contribution in [0.15, 0.2) is 133 Å². The molecule has 0 bridgehead atoms. The summed E-state index contributed by atoms with van der Waals surface area (Å²) in [5.41, 5.74) is 8.40. The molecule has 6 rings (SSSR count). The molecule has 0 saturated heterocycles. The zero-order valence-electron chi connectivity index (χ0n) is 21.6. The highest BCUT2D eigenvalue weighted by Gasteiger charge is 2.42. The largest absolute Gasteiger partial charge is 0.210 e. The molecule has 1 heterocycles. The molecule has 0 saturated carbocycles. The number of alkyl halides is 1. The van der Waals surface area contributed by atoms with E-state index in [1.54, 1.807) is 0 Å². The van der Waals surface area contributed by atoms with Gasteiger partial charge in [-0.25, -0.2) is 4.68 Å². The van der Waals surface area contributed by atoms with Crippen molar-refractivity contribution in [3.05, 3.63) is 162 Å². The third-order valence-corrected chi connectivity index (χ3v) is 7.93. The van der Waals surface area contributed by atoms with Crippen molar-refractivity contribution < 1.29 is 0 Å². The van der Waals surface area contributed by atoms with Crippen molar-refractivity contribution in [1.29, 1.82) is 0 Å². The Kier molecular flexibility index (Phi) is 6.91. The molecule has 6 aromatic rings. The van der Waals surface area contributed by atoms with Gasteiger partial charge < -0.3 is 0 Å². The minimum atomic E-state index is -0.781. The van der Waals surface area contributed by atoms with E-state index in [0.717, 1.165) is 39.0 Å². The maximum absolute atomic E-state index is 4.57. The zero-order chi connectivity index (χ0) is 26.7. The predicted octanol–water partition coefficient (Wildman–Crippen LogP) is 8.05. The van der Waals surface area contributed by atoms with E-state index >= 15 is 0 Å². The average Bonchev–Trinajstić information content (AvgIpc) is 3.45. The second-order valence-electron chi connectivity index (χ2n) is 9.53. The molecule has 39 heavy (non-hydrogen) atoms. The maximum Gasteiger partial charge on any atom is 0.150 e. The van der Waals surface area contributed by atoms with Crippen LogP contribution in [0.5, 0.6) is 0 Å². The van der Waals surface area contributed by atoms with E-state index in [9.17, 15) is 0 Å². The van der Waals surface area contributed by atoms with Gasteiger partial charge >= 0.3 is 0 Å². The monoisotopic (exact) mass is 570 g/mol. The van der Waals surface area contributed by atoms with Crippen molar-refractivity contribution in [3.63, 3.8) is 0 Å². The summed E-state index contributed by atoms with van der Waals surface area (Å²) in [6.07, 6.45) is 0. The Bertz CT molecular complexity index is 1640. The Morgan fingerprint density at radius 2 is 1.13 bits per heavy atom. The van der Waals surface area contributed by atoms with Gasteiger partial charge in [-0.3, -0.25) is 0 Å². The zero-order valence-corrected chi connectivity index (χ0v) is 23.2. The Labute approximate surface area is 237 Å². The van der Waals surface area contributed by atoms with Crippen LogP contribution in [0.1, 0.15) is 28.1 Å². The molecule has 0 spiro atoms. The molecule has 0 fully saturated rings. The van der Waals surface area contributed by atoms with E-state index in [1.807, 2.05) is 23.7 Å². The van der Waals surface area contributed by atoms with Gasteiger partial charge in [-0.2, -0.15) is 0 Å². The molecule has 0 atom stereocenters. The fourth-order valence-corrected chi connectivity index (χ4v) is 5.79. The molecule has 5 heteroatoms. The van der Waals surface area contributed by atoms with E-state index in [1.165, 1.54) is 16.7 Å². The minimum absolute atomic E-state index is 0.736. The summed E-state index contributed by atoms with van der Waals surface area (Å²) in [6, 6.07) is 47.1. The third kappa shape index (κ3) is 4.49. The smallest absolute Gasteiger partial charge is 0.150 e. The lowest BCUT2D eigenvalue weighted by Gasteiger charge is -2.37. The van der Waals surface area contributed by atoms with Gasteiger partial charge in [0.25, 0.3) is 0 Å². The minimum Gasteiger partial charge on any atom is -0.210 e. The van der Waals surface area contributed by atoms with E-state index in [4.69, 9.17) is 0 Å². The Balaban J connectivity index is 1.58. The number of benzene rings is 5. The number of aryl methyl sites for hydroxylation is 1. The van der Waals surface area contributed by atoms with E-state index in [0.29, 0.717) is 0 Å². The van der Waals surface area contributed by atoms with E-state index < -0.39 is 5.54 Å². The predicted molar refractivity (Wildman–Crippen MR) is 161 cm³/mol. The number of rotatable bonds is 7. The third-order valence-electron chi connectivity index (χ3n) is 7.28. The molecule has 4 nitrogen and oxygen atoms in total. The van der Waals surface area contributed by atoms with Crippen LogP contribution in [0, 0.1) is 6.92 Å². The molecule has 190 valence electrons. The molecule has 0 amide bonds. The summed E-state index contributed by atoms with van der Waals surface area (Å²) < 4.78 is 1.95. The lowest BCUT2D eigenvalue weighted by molar-refractivity contribution is 0.437. The lowest BCUT2D eigenvalue weighted by Crippen LogP contribution is -2.40. The van der Waals surface area contributed by atoms with Crippen LogP contribution in [0.3, 0.4) is 0 Å². The first-order valence-corrected chi connectivity index (χ1v) is 14.1. The maximum atomic E-state index is 4.57. The van der Waals surface area contributed by atoms with Crippen molar-refractivity contribution >= 4 is 15.9 Å². The highest BCUT2D eigenvalue weighted by molar-refractivity contribution is 9.08. The number of nitrogens with zero attached hydrogens (tertiary/aromatic N) is 4. The summed E-state index contributed by atoms with van der Waals surface area (Å²) >= 11 is 3.53. The van der Waals surface area contributed by atoms with Crippen molar-refractivity contribution in [2.45, 2.75) is 17.8 Å². The number of tetrazole rings is 1. The molecule has 0 N–H and O–H groups in total. The van der Waals surface area contributed by atoms with Gasteiger partial charge in [-0.1, -0.05) is 149 Å². The van der Waals surface area contributed by atoms with Crippen LogP contribution < -0.4 is 0 Å². The standard InChI is InChI=1S/C34H27BrN4/c1-25-36-37-38-39(25)34(30-10-4-2-5-11-30,31-12-6-3-7-13-31)33-15-9-8-14-32(33)29-22-20-28(21-23-29)27-18-16-26(24-35)17-19-27/h2-23H,24H2,1H3. The fraction of sp³-hybridized carbons (Fsp3) is 0.0882. The molecule has 0 unspecified atom stereocenters. The molecule has 5 aromatic carbocycles. The van der Waals surface area contributed by atoms with E-state index in [-0.39, 0.29) is 0 Å². The molecule has 0 radical (unpaired) electrons. The van der Waals surface area contributed by atoms with Crippen LogP contribution in [-0.4, -0.2) is 20.2 Å². The van der Waals surface area contributed by atoms with Gasteiger partial charge in [0, 0.05) is 5.33 Å². The second kappa shape index (κ2) is 10.8. The van der Waals surface area contributed by atoms with Gasteiger partial charge in [-0.05, 0) is 61.9 Å². The first-order chi connectivity index (χ1) is 19.2. The first kappa shape index (κ1) is 25.0. The highest BCUT2D eigenvalue weighted by atomic mass is 79.9. The molecular formula is C34H27BrN4. The van der Waals surface area contributed by atoms with Crippen LogP contribution in [0.4, 0.5) is 0 Å². The Morgan fingerprint density at radius 3 is 1.67 bits per heavy atom. The summed E-state index contributed by atoms with van der Waals surface area (Å²) in [6.45, 7) is 1.96. The van der Waals surface area contributed by atoms with Crippen molar-refractivity contribution in [2.24, 2.45) is 0 Å². The molecule has 1 aromatic heterocycles. The second-order valence-corrected chi connectivity index (χ2v) is 10.1. The number of hydrogen-bond acceptors (Lipinski definition) is 3. The molecular weight excluding hydrogens is 544 g/mol. The van der Waals surface area contributed by atoms with Crippen molar-refractivity contribution in [3.8, 4) is 22.3 Å². The van der Waals surface area contributed by atoms with Gasteiger partial charge in [0.2, 0.25) is 0 Å². The van der Waals surface area contributed by atoms with Crippen molar-refractivity contribution in [2.75, 3.05) is 0 Å². The molecule has 0 aliphatic heterocycles. The van der Waals surface area contributed by atoms with Crippen molar-refractivity contribution in [1.82, 2.24) is 20.2 Å². The van der Waals surface area contributed by atoms with Gasteiger partial charge in [0.05, 0.1) is 0 Å². The van der Waals surface area contributed by atoms with Gasteiger partial charge in [0.15, 0.2) is 0 Å². The normalized spacial score (nSPS) is 11.4. The van der Waals surface area contributed by atoms with Gasteiger partial charge in [0.1, 0.15) is 11.4 Å². The van der Waals surface area contributed by atoms with E-state index in [2.05, 4.69) is 153 Å². The Morgan fingerprint density at radius 1 is 0.615 bits per heavy atom. The highest BCUT2D eigenvalue weighted by Crippen LogP contribution is 2.44. The first-order valence-electron chi connectivity index (χ1n) is 12.9. The van der Waals surface area contributed by atoms with Crippen LogP contribution in [-0.2, 0) is 10.9 Å². The number of halogens is 1. The lowest BCUT2D eigenvalue weighted by atomic mass is 9.74. The summed E-state index contributed by atoms with van der Waals surface area (Å²) in [5, 5.41) is 13.8. The number of hydrogen-bond donors (Lipinski definition) is 0. The van der Waals surface area contributed by atoms with Crippen LogP contribution in [0.2, 0.25) is 0 Å². The quantitative estimate of drug-likeness (QED) is 0.144. The molecule has 0 aliphatic rings. The fourth-order valence-electron chi connectivity index (χ4n) is 5.42. The SMILES string of the molecule is Cc1nnnn1C(c1ccccc1)(c1ccccc1)c1ccccc1-c1ccc(-c2ccc(CBr)cc2)cc1. The summed E-state index contributed by atoms with van der Waals surface area (Å²) in [5.74, 6) is 0.736. The topological polar surface area (TPSA) is 43.6 Å². The summed E-state index contributed by atoms with van der Waals surface area (Å²) in [7, 11) is 0. The molecule has 0 aliphatic carbocycles. The summed E-state index contributed by atoms with van der Waals surface area (Å²) in [4.78, 5) is 0. The number of aromatic nitrogens is 4. The van der Waals surface area contributed by atoms with Crippen LogP contribution in [0.25, 0.3) is 22.3 Å². The average molecular weight is 572 g/mol.